The molecule has 1 rings (SSSR count). The number of alkyl halides is 3. The molecular weight excluding hydrogens is 225 g/mol. The number of amides is 1. The van der Waals surface area contributed by atoms with Crippen LogP contribution in [0, 0.1) is 0 Å². The SMILES string of the molecule is NCC(=O)C1CCCCN1C(=O)C(F)(F)F. The Kier molecular flexibility index (Phi) is 3.90. The Morgan fingerprint density at radius 2 is 1.94 bits per heavy atom. The molecule has 1 aliphatic rings. The van der Waals surface area contributed by atoms with Gasteiger partial charge in [0.25, 0.3) is 0 Å². The Morgan fingerprint density at radius 3 is 2.44 bits per heavy atom. The number of rotatable bonds is 2. The summed E-state index contributed by atoms with van der Waals surface area (Å²) >= 11 is 0. The summed E-state index contributed by atoms with van der Waals surface area (Å²) in [5.41, 5.74) is 5.11. The van der Waals surface area contributed by atoms with E-state index in [2.05, 4.69) is 0 Å². The molecule has 1 unspecified atom stereocenters. The number of nitrogens with two attached hydrogens (primary N) is 1. The molecule has 7 heteroatoms. The van der Waals surface area contributed by atoms with E-state index in [1.54, 1.807) is 0 Å². The molecule has 1 heterocycles. The van der Waals surface area contributed by atoms with Crippen molar-refractivity contribution in [1.29, 1.82) is 0 Å². The molecule has 0 radical (unpaired) electrons. The highest BCUT2D eigenvalue weighted by molar-refractivity contribution is 5.92. The number of piperidine rings is 1. The van der Waals surface area contributed by atoms with Gasteiger partial charge in [0.15, 0.2) is 5.78 Å². The Balaban J connectivity index is 2.82. The fourth-order valence-electron chi connectivity index (χ4n) is 1.81. The van der Waals surface area contributed by atoms with Crippen LogP contribution in [0.5, 0.6) is 0 Å². The third kappa shape index (κ3) is 2.72. The Morgan fingerprint density at radius 1 is 1.31 bits per heavy atom. The van der Waals surface area contributed by atoms with Crippen molar-refractivity contribution in [3.8, 4) is 0 Å². The first-order valence-electron chi connectivity index (χ1n) is 4.98. The number of carbonyl (C=O) groups is 2. The van der Waals surface area contributed by atoms with Gasteiger partial charge in [-0.1, -0.05) is 0 Å². The summed E-state index contributed by atoms with van der Waals surface area (Å²) in [7, 11) is 0. The second kappa shape index (κ2) is 4.82. The molecule has 1 aliphatic heterocycles. The van der Waals surface area contributed by atoms with Crippen LogP contribution in [0.4, 0.5) is 13.2 Å². The minimum absolute atomic E-state index is 0.0330. The first-order chi connectivity index (χ1) is 7.38. The topological polar surface area (TPSA) is 63.4 Å². The average molecular weight is 238 g/mol. The standard InChI is InChI=1S/C9H13F3N2O2/c10-9(11,12)8(16)14-4-2-1-3-6(14)7(15)5-13/h6H,1-5,13H2. The molecule has 0 aliphatic carbocycles. The lowest BCUT2D eigenvalue weighted by Gasteiger charge is -2.34. The third-order valence-corrected chi connectivity index (χ3v) is 2.58. The number of hydrogen-bond acceptors (Lipinski definition) is 3. The summed E-state index contributed by atoms with van der Waals surface area (Å²) in [4.78, 5) is 23.0. The lowest BCUT2D eigenvalue weighted by molar-refractivity contribution is -0.189. The predicted octanol–water partition coefficient (Wildman–Crippen LogP) is 0.458. The third-order valence-electron chi connectivity index (χ3n) is 2.58. The maximum Gasteiger partial charge on any atom is 0.471 e. The molecule has 0 saturated carbocycles. The van der Waals surface area contributed by atoms with Crippen LogP contribution in [0.15, 0.2) is 0 Å². The van der Waals surface area contributed by atoms with Gasteiger partial charge >= 0.3 is 12.1 Å². The van der Waals surface area contributed by atoms with Crippen LogP contribution in [0.25, 0.3) is 0 Å². The number of ketones is 1. The van der Waals surface area contributed by atoms with Gasteiger partial charge in [-0.15, -0.1) is 0 Å². The van der Waals surface area contributed by atoms with Crippen LogP contribution >= 0.6 is 0 Å². The first-order valence-corrected chi connectivity index (χ1v) is 4.98. The number of likely N-dealkylation sites (tertiary alicyclic amines) is 1. The molecule has 4 nitrogen and oxygen atoms in total. The maximum absolute atomic E-state index is 12.2. The van der Waals surface area contributed by atoms with Gasteiger partial charge < -0.3 is 10.6 Å². The van der Waals surface area contributed by atoms with Crippen molar-refractivity contribution in [1.82, 2.24) is 4.90 Å². The van der Waals surface area contributed by atoms with Crippen molar-refractivity contribution >= 4 is 11.7 Å². The van der Waals surface area contributed by atoms with Crippen LogP contribution in [-0.2, 0) is 9.59 Å². The predicted molar refractivity (Wildman–Crippen MR) is 49.5 cm³/mol. The molecular formula is C9H13F3N2O2. The smallest absolute Gasteiger partial charge is 0.325 e. The van der Waals surface area contributed by atoms with Gasteiger partial charge in [-0.3, -0.25) is 9.59 Å². The van der Waals surface area contributed by atoms with Gasteiger partial charge in [-0.25, -0.2) is 0 Å². The highest BCUT2D eigenvalue weighted by Crippen LogP contribution is 2.25. The van der Waals surface area contributed by atoms with Gasteiger partial charge in [0.1, 0.15) is 0 Å². The summed E-state index contributed by atoms with van der Waals surface area (Å²) in [6.07, 6.45) is -3.55. The molecule has 2 N–H and O–H groups in total. The molecule has 1 atom stereocenters. The summed E-state index contributed by atoms with van der Waals surface area (Å²) in [5, 5.41) is 0. The van der Waals surface area contributed by atoms with Crippen molar-refractivity contribution in [2.24, 2.45) is 5.73 Å². The fraction of sp³-hybridized carbons (Fsp3) is 0.778. The van der Waals surface area contributed by atoms with Crippen LogP contribution in [0.2, 0.25) is 0 Å². The lowest BCUT2D eigenvalue weighted by Crippen LogP contribution is -2.53. The Hall–Kier alpha value is -1.11. The quantitative estimate of drug-likeness (QED) is 0.760. The summed E-state index contributed by atoms with van der Waals surface area (Å²) in [5.74, 6) is -2.46. The van der Waals surface area contributed by atoms with E-state index in [1.807, 2.05) is 0 Å². The zero-order valence-corrected chi connectivity index (χ0v) is 8.59. The summed E-state index contributed by atoms with van der Waals surface area (Å²) in [6, 6.07) is -1.01. The first kappa shape index (κ1) is 13.0. The highest BCUT2D eigenvalue weighted by atomic mass is 19.4. The molecule has 1 amide bonds. The molecule has 0 aromatic rings. The number of Topliss-reactive ketones (excluding diaryl/α,β-unsaturated/α-hetero) is 1. The van der Waals surface area contributed by atoms with E-state index in [4.69, 9.17) is 5.73 Å². The van der Waals surface area contributed by atoms with Crippen molar-refractivity contribution in [2.75, 3.05) is 13.1 Å². The number of hydrogen-bond donors (Lipinski definition) is 1. The van der Waals surface area contributed by atoms with E-state index >= 15 is 0 Å². The van der Waals surface area contributed by atoms with E-state index in [0.717, 1.165) is 0 Å². The van der Waals surface area contributed by atoms with Crippen LogP contribution < -0.4 is 5.73 Å². The minimum atomic E-state index is -4.93. The number of carbonyl (C=O) groups excluding carboxylic acids is 2. The van der Waals surface area contributed by atoms with E-state index in [9.17, 15) is 22.8 Å². The van der Waals surface area contributed by atoms with Gasteiger partial charge in [0.2, 0.25) is 0 Å². The molecule has 0 aromatic heterocycles. The van der Waals surface area contributed by atoms with Gasteiger partial charge in [-0.2, -0.15) is 13.2 Å². The maximum atomic E-state index is 12.2. The normalized spacial score (nSPS) is 22.0. The highest BCUT2D eigenvalue weighted by Gasteiger charge is 2.46. The van der Waals surface area contributed by atoms with Gasteiger partial charge in [0.05, 0.1) is 12.6 Å². The van der Waals surface area contributed by atoms with E-state index < -0.39 is 23.9 Å². The van der Waals surface area contributed by atoms with Crippen LogP contribution in [0.3, 0.4) is 0 Å². The van der Waals surface area contributed by atoms with Crippen LogP contribution in [0.1, 0.15) is 19.3 Å². The van der Waals surface area contributed by atoms with Crippen molar-refractivity contribution in [2.45, 2.75) is 31.5 Å². The second-order valence-electron chi connectivity index (χ2n) is 3.68. The van der Waals surface area contributed by atoms with E-state index in [-0.39, 0.29) is 19.5 Å². The van der Waals surface area contributed by atoms with E-state index in [1.165, 1.54) is 0 Å². The van der Waals surface area contributed by atoms with Crippen molar-refractivity contribution in [3.63, 3.8) is 0 Å². The zero-order chi connectivity index (χ0) is 12.3. The molecule has 1 saturated heterocycles. The van der Waals surface area contributed by atoms with Crippen LogP contribution in [-0.4, -0.2) is 41.9 Å². The molecule has 1 fully saturated rings. The monoisotopic (exact) mass is 238 g/mol. The van der Waals surface area contributed by atoms with Gasteiger partial charge in [0, 0.05) is 6.54 Å². The number of nitrogens with zero attached hydrogens (tertiary/aromatic N) is 1. The Bertz CT molecular complexity index is 291. The molecule has 0 aromatic carbocycles. The second-order valence-corrected chi connectivity index (χ2v) is 3.68. The molecule has 92 valence electrons. The zero-order valence-electron chi connectivity index (χ0n) is 8.59. The minimum Gasteiger partial charge on any atom is -0.325 e. The average Bonchev–Trinajstić information content (AvgIpc) is 2.25. The summed E-state index contributed by atoms with van der Waals surface area (Å²) in [6.45, 7) is -0.374. The van der Waals surface area contributed by atoms with Gasteiger partial charge in [-0.05, 0) is 19.3 Å². The largest absolute Gasteiger partial charge is 0.471 e. The molecule has 0 spiro atoms. The van der Waals surface area contributed by atoms with E-state index in [0.29, 0.717) is 17.7 Å². The fourth-order valence-corrected chi connectivity index (χ4v) is 1.81. The Labute approximate surface area is 90.6 Å². The lowest BCUT2D eigenvalue weighted by atomic mass is 9.98. The number of halogens is 3. The summed E-state index contributed by atoms with van der Waals surface area (Å²) < 4.78 is 36.7. The molecule has 0 bridgehead atoms. The molecule has 16 heavy (non-hydrogen) atoms. The van der Waals surface area contributed by atoms with Crippen molar-refractivity contribution in [3.05, 3.63) is 0 Å². The van der Waals surface area contributed by atoms with Crippen molar-refractivity contribution < 1.29 is 22.8 Å².